The molecule has 6 heteroatoms. The predicted octanol–water partition coefficient (Wildman–Crippen LogP) is 5.29. The summed E-state index contributed by atoms with van der Waals surface area (Å²) in [5, 5.41) is 12.8. The minimum Gasteiger partial charge on any atom is -0.481 e. The maximum absolute atomic E-state index is 12.7. The third kappa shape index (κ3) is 3.85. The minimum atomic E-state index is -0.678. The van der Waals surface area contributed by atoms with Crippen molar-refractivity contribution >= 4 is 35.0 Å². The van der Waals surface area contributed by atoms with Gasteiger partial charge in [-0.1, -0.05) is 23.7 Å². The molecule has 0 spiro atoms. The average Bonchev–Trinajstić information content (AvgIpc) is 3.12. The standard InChI is InChI=1S/C22H23ClN2O3/c23-18-7-10-20-17(13-18)11-12-25(20)22(28)24-19-8-5-15(6-9-19)14-1-3-16(4-2-14)21(26)27/h5-10,13-14,16H,1-4,11-12H2,(H,24,28)(H,26,27)/t14-,16-. The van der Waals surface area contributed by atoms with Crippen molar-refractivity contribution < 1.29 is 14.7 Å². The minimum absolute atomic E-state index is 0.143. The second-order valence-electron chi connectivity index (χ2n) is 7.61. The Hall–Kier alpha value is -2.53. The van der Waals surface area contributed by atoms with Gasteiger partial charge in [0.1, 0.15) is 0 Å². The van der Waals surface area contributed by atoms with Gasteiger partial charge in [-0.25, -0.2) is 4.79 Å². The molecule has 5 nitrogen and oxygen atoms in total. The number of carbonyl (C=O) groups is 2. The molecule has 2 aromatic rings. The van der Waals surface area contributed by atoms with Gasteiger partial charge >= 0.3 is 12.0 Å². The van der Waals surface area contributed by atoms with E-state index in [0.29, 0.717) is 17.5 Å². The van der Waals surface area contributed by atoms with Crippen molar-refractivity contribution in [1.82, 2.24) is 0 Å². The molecular weight excluding hydrogens is 376 g/mol. The van der Waals surface area contributed by atoms with Crippen LogP contribution in [0.2, 0.25) is 5.02 Å². The number of benzene rings is 2. The molecule has 1 aliphatic carbocycles. The Morgan fingerprint density at radius 1 is 1.04 bits per heavy atom. The highest BCUT2D eigenvalue weighted by atomic mass is 35.5. The van der Waals surface area contributed by atoms with Gasteiger partial charge in [-0.15, -0.1) is 0 Å². The largest absolute Gasteiger partial charge is 0.481 e. The van der Waals surface area contributed by atoms with E-state index in [4.69, 9.17) is 16.7 Å². The zero-order valence-corrected chi connectivity index (χ0v) is 16.3. The molecule has 0 bridgehead atoms. The lowest BCUT2D eigenvalue weighted by Crippen LogP contribution is -2.33. The van der Waals surface area contributed by atoms with Crippen LogP contribution in [-0.4, -0.2) is 23.7 Å². The first kappa shape index (κ1) is 18.8. The molecule has 4 rings (SSSR count). The van der Waals surface area contributed by atoms with Crippen LogP contribution >= 0.6 is 11.6 Å². The lowest BCUT2D eigenvalue weighted by molar-refractivity contribution is -0.142. The molecule has 1 saturated carbocycles. The second-order valence-corrected chi connectivity index (χ2v) is 8.05. The van der Waals surface area contributed by atoms with Crippen LogP contribution in [0.3, 0.4) is 0 Å². The van der Waals surface area contributed by atoms with Crippen molar-refractivity contribution in [2.45, 2.75) is 38.0 Å². The number of amides is 2. The smallest absolute Gasteiger partial charge is 0.326 e. The summed E-state index contributed by atoms with van der Waals surface area (Å²) in [7, 11) is 0. The molecule has 2 aliphatic rings. The number of hydrogen-bond donors (Lipinski definition) is 2. The topological polar surface area (TPSA) is 69.6 Å². The van der Waals surface area contributed by atoms with Crippen molar-refractivity contribution in [2.75, 3.05) is 16.8 Å². The van der Waals surface area contributed by atoms with Gasteiger partial charge in [-0.05, 0) is 79.5 Å². The number of aliphatic carboxylic acids is 1. The number of anilines is 2. The molecule has 2 amide bonds. The van der Waals surface area contributed by atoms with Crippen LogP contribution in [0.4, 0.5) is 16.2 Å². The number of hydrogen-bond acceptors (Lipinski definition) is 2. The van der Waals surface area contributed by atoms with E-state index < -0.39 is 5.97 Å². The van der Waals surface area contributed by atoms with Gasteiger partial charge in [0, 0.05) is 22.9 Å². The van der Waals surface area contributed by atoms with E-state index in [-0.39, 0.29) is 11.9 Å². The SMILES string of the molecule is O=C(Nc1ccc([C@H]2CC[C@H](C(=O)O)CC2)cc1)N1CCc2cc(Cl)ccc21. The van der Waals surface area contributed by atoms with Gasteiger partial charge in [0.05, 0.1) is 5.92 Å². The van der Waals surface area contributed by atoms with Gasteiger partial charge < -0.3 is 10.4 Å². The summed E-state index contributed by atoms with van der Waals surface area (Å²) in [6, 6.07) is 13.4. The van der Waals surface area contributed by atoms with Crippen molar-refractivity contribution in [2.24, 2.45) is 5.92 Å². The molecular formula is C22H23ClN2O3. The summed E-state index contributed by atoms with van der Waals surface area (Å²) >= 11 is 6.03. The zero-order chi connectivity index (χ0) is 19.7. The van der Waals surface area contributed by atoms with Crippen molar-refractivity contribution in [1.29, 1.82) is 0 Å². The monoisotopic (exact) mass is 398 g/mol. The number of nitrogens with zero attached hydrogens (tertiary/aromatic N) is 1. The number of nitrogens with one attached hydrogen (secondary N) is 1. The molecule has 0 saturated heterocycles. The molecule has 0 unspecified atom stereocenters. The van der Waals surface area contributed by atoms with Crippen LogP contribution in [0.5, 0.6) is 0 Å². The number of urea groups is 1. The first-order chi connectivity index (χ1) is 13.5. The van der Waals surface area contributed by atoms with E-state index in [1.54, 1.807) is 11.0 Å². The Balaban J connectivity index is 1.38. The van der Waals surface area contributed by atoms with Gasteiger partial charge in [0.25, 0.3) is 0 Å². The van der Waals surface area contributed by atoms with Crippen molar-refractivity contribution in [3.8, 4) is 0 Å². The highest BCUT2D eigenvalue weighted by Gasteiger charge is 2.27. The van der Waals surface area contributed by atoms with E-state index >= 15 is 0 Å². The molecule has 2 N–H and O–H groups in total. The second kappa shape index (κ2) is 7.84. The third-order valence-electron chi connectivity index (χ3n) is 5.89. The molecule has 1 heterocycles. The summed E-state index contributed by atoms with van der Waals surface area (Å²) in [6.07, 6.45) is 4.07. The molecule has 0 aromatic heterocycles. The van der Waals surface area contributed by atoms with Crippen LogP contribution in [0.15, 0.2) is 42.5 Å². The summed E-state index contributed by atoms with van der Waals surface area (Å²) in [4.78, 5) is 25.5. The predicted molar refractivity (Wildman–Crippen MR) is 110 cm³/mol. The van der Waals surface area contributed by atoms with Crippen molar-refractivity contribution in [3.63, 3.8) is 0 Å². The Morgan fingerprint density at radius 3 is 2.43 bits per heavy atom. The lowest BCUT2D eigenvalue weighted by atomic mass is 9.79. The van der Waals surface area contributed by atoms with Crippen LogP contribution in [-0.2, 0) is 11.2 Å². The van der Waals surface area contributed by atoms with E-state index in [0.717, 1.165) is 49.0 Å². The fraction of sp³-hybridized carbons (Fsp3) is 0.364. The maximum Gasteiger partial charge on any atom is 0.326 e. The van der Waals surface area contributed by atoms with Gasteiger partial charge in [-0.3, -0.25) is 9.69 Å². The number of fused-ring (bicyclic) bond motifs is 1. The number of carbonyl (C=O) groups excluding carboxylic acids is 1. The number of carboxylic acids is 1. The normalized spacial score (nSPS) is 21.2. The van der Waals surface area contributed by atoms with Gasteiger partial charge in [-0.2, -0.15) is 0 Å². The van der Waals surface area contributed by atoms with E-state index in [2.05, 4.69) is 5.32 Å². The van der Waals surface area contributed by atoms with E-state index in [9.17, 15) is 9.59 Å². The Kier molecular flexibility index (Phi) is 5.27. The molecule has 0 atom stereocenters. The number of carboxylic acid groups (broad SMARTS) is 1. The first-order valence-corrected chi connectivity index (χ1v) is 10.1. The quantitative estimate of drug-likeness (QED) is 0.737. The number of rotatable bonds is 3. The molecule has 0 radical (unpaired) electrons. The van der Waals surface area contributed by atoms with Crippen molar-refractivity contribution in [3.05, 3.63) is 58.6 Å². The fourth-order valence-corrected chi connectivity index (χ4v) is 4.48. The Bertz CT molecular complexity index is 889. The summed E-state index contributed by atoms with van der Waals surface area (Å²) in [5.74, 6) is -0.481. The van der Waals surface area contributed by atoms with Gasteiger partial charge in [0.15, 0.2) is 0 Å². The van der Waals surface area contributed by atoms with Crippen LogP contribution < -0.4 is 10.2 Å². The van der Waals surface area contributed by atoms with Crippen LogP contribution in [0, 0.1) is 5.92 Å². The lowest BCUT2D eigenvalue weighted by Gasteiger charge is -2.26. The highest BCUT2D eigenvalue weighted by Crippen LogP contribution is 2.36. The fourth-order valence-electron chi connectivity index (χ4n) is 4.28. The zero-order valence-electron chi connectivity index (χ0n) is 15.5. The molecule has 1 aliphatic heterocycles. The highest BCUT2D eigenvalue weighted by molar-refractivity contribution is 6.30. The maximum atomic E-state index is 12.7. The van der Waals surface area contributed by atoms with E-state index in [1.165, 1.54) is 5.56 Å². The molecule has 28 heavy (non-hydrogen) atoms. The Morgan fingerprint density at radius 2 is 1.75 bits per heavy atom. The number of halogens is 1. The van der Waals surface area contributed by atoms with Crippen LogP contribution in [0.1, 0.15) is 42.7 Å². The molecule has 1 fully saturated rings. The Labute approximate surface area is 169 Å². The average molecular weight is 399 g/mol. The van der Waals surface area contributed by atoms with Gasteiger partial charge in [0.2, 0.25) is 0 Å². The molecule has 146 valence electrons. The third-order valence-corrected chi connectivity index (χ3v) is 6.13. The van der Waals surface area contributed by atoms with Crippen LogP contribution in [0.25, 0.3) is 0 Å². The first-order valence-electron chi connectivity index (χ1n) is 9.71. The van der Waals surface area contributed by atoms with E-state index in [1.807, 2.05) is 36.4 Å². The summed E-state index contributed by atoms with van der Waals surface area (Å²) < 4.78 is 0. The summed E-state index contributed by atoms with van der Waals surface area (Å²) in [5.41, 5.74) is 3.97. The summed E-state index contributed by atoms with van der Waals surface area (Å²) in [6.45, 7) is 0.645. The molecule has 2 aromatic carbocycles.